The second-order valence-corrected chi connectivity index (χ2v) is 5.04. The Morgan fingerprint density at radius 1 is 1.47 bits per heavy atom. The molecule has 0 aromatic heterocycles. The average Bonchev–Trinajstić information content (AvgIpc) is 2.37. The molecule has 1 atom stereocenters. The number of aliphatic hydroxyl groups is 1. The van der Waals surface area contributed by atoms with Gasteiger partial charge in [-0.15, -0.1) is 0 Å². The van der Waals surface area contributed by atoms with Gasteiger partial charge in [0.2, 0.25) is 0 Å². The van der Waals surface area contributed by atoms with Crippen LogP contribution in [0.25, 0.3) is 0 Å². The lowest BCUT2D eigenvalue weighted by molar-refractivity contribution is 0.0194. The summed E-state index contributed by atoms with van der Waals surface area (Å²) < 4.78 is 0. The van der Waals surface area contributed by atoms with Crippen molar-refractivity contribution >= 4 is 17.7 Å². The molecule has 1 aromatic carbocycles. The Hall–Kier alpha value is -1.70. The average molecular weight is 280 g/mol. The summed E-state index contributed by atoms with van der Waals surface area (Å²) >= 11 is 5.85. The van der Waals surface area contributed by atoms with Gasteiger partial charge in [-0.05, 0) is 31.0 Å². The van der Waals surface area contributed by atoms with Gasteiger partial charge in [-0.1, -0.05) is 29.5 Å². The third-order valence-corrected chi connectivity index (χ3v) is 3.24. The van der Waals surface area contributed by atoms with Gasteiger partial charge in [0.1, 0.15) is 5.60 Å². The van der Waals surface area contributed by atoms with Crippen LogP contribution >= 0.6 is 11.6 Å². The van der Waals surface area contributed by atoms with Crippen molar-refractivity contribution in [2.24, 2.45) is 0 Å². The van der Waals surface area contributed by atoms with Crippen LogP contribution in [0.4, 0.5) is 4.79 Å². The predicted octanol–water partition coefficient (Wildman–Crippen LogP) is 2.20. The molecule has 1 aliphatic rings. The monoisotopic (exact) mass is 279 g/mol. The smallest absolute Gasteiger partial charge is 0.407 e. The summed E-state index contributed by atoms with van der Waals surface area (Å²) in [6.45, 7) is 0.465. The molecule has 1 fully saturated rings. The molecule has 5 heteroatoms. The number of likely N-dealkylation sites (tertiary alicyclic amines) is 1. The van der Waals surface area contributed by atoms with Crippen molar-refractivity contribution in [2.45, 2.75) is 18.4 Å². The van der Waals surface area contributed by atoms with Gasteiger partial charge < -0.3 is 15.1 Å². The lowest BCUT2D eigenvalue weighted by Gasteiger charge is -2.34. The van der Waals surface area contributed by atoms with Crippen LogP contribution in [-0.4, -0.2) is 39.9 Å². The topological polar surface area (TPSA) is 60.8 Å². The van der Waals surface area contributed by atoms with E-state index in [0.717, 1.165) is 0 Å². The first kappa shape index (κ1) is 13.7. The molecule has 0 spiro atoms. The van der Waals surface area contributed by atoms with E-state index in [4.69, 9.17) is 16.7 Å². The zero-order valence-corrected chi connectivity index (χ0v) is 11.0. The summed E-state index contributed by atoms with van der Waals surface area (Å²) in [5.74, 6) is 5.62. The Morgan fingerprint density at radius 3 is 2.95 bits per heavy atom. The second kappa shape index (κ2) is 5.52. The van der Waals surface area contributed by atoms with Gasteiger partial charge in [0.05, 0.1) is 6.54 Å². The number of rotatable bonds is 0. The number of carboxylic acid groups (broad SMARTS) is 1. The Balaban J connectivity index is 2.15. The summed E-state index contributed by atoms with van der Waals surface area (Å²) in [4.78, 5) is 12.1. The number of carbonyl (C=O) groups is 1. The molecular weight excluding hydrogens is 266 g/mol. The normalized spacial score (nSPS) is 22.5. The third-order valence-electron chi connectivity index (χ3n) is 3.01. The zero-order chi connectivity index (χ0) is 13.9. The van der Waals surface area contributed by atoms with Gasteiger partial charge in [0, 0.05) is 17.1 Å². The Morgan fingerprint density at radius 2 is 2.26 bits per heavy atom. The molecule has 4 nitrogen and oxygen atoms in total. The van der Waals surface area contributed by atoms with Crippen LogP contribution < -0.4 is 0 Å². The first-order chi connectivity index (χ1) is 8.98. The fraction of sp³-hybridized carbons (Fsp3) is 0.357. The molecule has 1 saturated heterocycles. The summed E-state index contributed by atoms with van der Waals surface area (Å²) in [6, 6.07) is 7.02. The molecule has 1 amide bonds. The van der Waals surface area contributed by atoms with Crippen LogP contribution in [0.5, 0.6) is 0 Å². The molecule has 0 bridgehead atoms. The van der Waals surface area contributed by atoms with Crippen LogP contribution in [0.3, 0.4) is 0 Å². The third kappa shape index (κ3) is 3.63. The molecular formula is C14H14ClNO3. The van der Waals surface area contributed by atoms with Crippen molar-refractivity contribution in [3.63, 3.8) is 0 Å². The van der Waals surface area contributed by atoms with Gasteiger partial charge in [-0.2, -0.15) is 0 Å². The van der Waals surface area contributed by atoms with Crippen molar-refractivity contribution in [3.8, 4) is 11.8 Å². The van der Waals surface area contributed by atoms with E-state index in [0.29, 0.717) is 30.0 Å². The van der Waals surface area contributed by atoms with E-state index in [1.807, 2.05) is 0 Å². The van der Waals surface area contributed by atoms with Gasteiger partial charge in [0.15, 0.2) is 0 Å². The van der Waals surface area contributed by atoms with E-state index >= 15 is 0 Å². The number of amides is 1. The molecule has 1 heterocycles. The Labute approximate surface area is 116 Å². The van der Waals surface area contributed by atoms with Crippen molar-refractivity contribution in [2.75, 3.05) is 13.1 Å². The molecule has 100 valence electrons. The molecule has 0 aliphatic carbocycles. The summed E-state index contributed by atoms with van der Waals surface area (Å²) in [5.41, 5.74) is -0.577. The maximum absolute atomic E-state index is 10.9. The molecule has 19 heavy (non-hydrogen) atoms. The minimum atomic E-state index is -1.28. The highest BCUT2D eigenvalue weighted by atomic mass is 35.5. The highest BCUT2D eigenvalue weighted by Gasteiger charge is 2.33. The molecule has 0 saturated carbocycles. The standard InChI is InChI=1S/C14H14ClNO3/c15-12-4-1-3-11(9-12)5-7-14(19)6-2-8-16(10-14)13(17)18/h1,3-4,9,19H,2,6,8,10H2,(H,17,18). The van der Waals surface area contributed by atoms with Crippen LogP contribution in [0.15, 0.2) is 24.3 Å². The van der Waals surface area contributed by atoms with E-state index in [9.17, 15) is 9.90 Å². The Bertz CT molecular complexity index is 549. The molecule has 1 aliphatic heterocycles. The number of β-amino-alcohol motifs (C(OH)–C–C–N with tert-alkyl or cyclic N) is 1. The quantitative estimate of drug-likeness (QED) is 0.716. The number of piperidine rings is 1. The summed E-state index contributed by atoms with van der Waals surface area (Å²) in [5, 5.41) is 19.8. The van der Waals surface area contributed by atoms with E-state index in [1.165, 1.54) is 4.90 Å². The van der Waals surface area contributed by atoms with Gasteiger partial charge in [-0.3, -0.25) is 0 Å². The summed E-state index contributed by atoms with van der Waals surface area (Å²) in [7, 11) is 0. The van der Waals surface area contributed by atoms with Gasteiger partial charge in [0.25, 0.3) is 0 Å². The minimum Gasteiger partial charge on any atom is -0.465 e. The van der Waals surface area contributed by atoms with Crippen LogP contribution in [0.2, 0.25) is 5.02 Å². The second-order valence-electron chi connectivity index (χ2n) is 4.60. The summed E-state index contributed by atoms with van der Waals surface area (Å²) in [6.07, 6.45) is 0.0554. The van der Waals surface area contributed by atoms with E-state index in [-0.39, 0.29) is 6.54 Å². The molecule has 1 unspecified atom stereocenters. The van der Waals surface area contributed by atoms with Gasteiger partial charge >= 0.3 is 6.09 Å². The van der Waals surface area contributed by atoms with Crippen molar-refractivity contribution in [1.29, 1.82) is 0 Å². The first-order valence-electron chi connectivity index (χ1n) is 5.97. The lowest BCUT2D eigenvalue weighted by atomic mass is 9.93. The van der Waals surface area contributed by atoms with Crippen molar-refractivity contribution in [1.82, 2.24) is 4.90 Å². The molecule has 1 aromatic rings. The number of hydrogen-bond acceptors (Lipinski definition) is 2. The van der Waals surface area contributed by atoms with Crippen LogP contribution in [0.1, 0.15) is 18.4 Å². The minimum absolute atomic E-state index is 0.0237. The fourth-order valence-electron chi connectivity index (χ4n) is 2.06. The SMILES string of the molecule is O=C(O)N1CCCC(O)(C#Cc2cccc(Cl)c2)C1. The highest BCUT2D eigenvalue weighted by molar-refractivity contribution is 6.30. The Kier molecular flexibility index (Phi) is 3.98. The fourth-order valence-corrected chi connectivity index (χ4v) is 2.25. The number of benzene rings is 1. The zero-order valence-electron chi connectivity index (χ0n) is 10.3. The van der Waals surface area contributed by atoms with Crippen LogP contribution in [-0.2, 0) is 0 Å². The van der Waals surface area contributed by atoms with Gasteiger partial charge in [-0.25, -0.2) is 4.79 Å². The number of nitrogens with zero attached hydrogens (tertiary/aromatic N) is 1. The highest BCUT2D eigenvalue weighted by Crippen LogP contribution is 2.20. The van der Waals surface area contributed by atoms with E-state index in [2.05, 4.69) is 11.8 Å². The van der Waals surface area contributed by atoms with Crippen molar-refractivity contribution in [3.05, 3.63) is 34.9 Å². The molecule has 2 N–H and O–H groups in total. The first-order valence-corrected chi connectivity index (χ1v) is 6.35. The molecule has 2 rings (SSSR count). The predicted molar refractivity (Wildman–Crippen MR) is 72.1 cm³/mol. The largest absolute Gasteiger partial charge is 0.465 e. The number of hydrogen-bond donors (Lipinski definition) is 2. The maximum Gasteiger partial charge on any atom is 0.407 e. The van der Waals surface area contributed by atoms with E-state index in [1.54, 1.807) is 24.3 Å². The van der Waals surface area contributed by atoms with Crippen molar-refractivity contribution < 1.29 is 15.0 Å². The number of halogens is 1. The van der Waals surface area contributed by atoms with E-state index < -0.39 is 11.7 Å². The lowest BCUT2D eigenvalue weighted by Crippen LogP contribution is -2.49. The maximum atomic E-state index is 10.9. The van der Waals surface area contributed by atoms with Crippen LogP contribution in [0, 0.1) is 11.8 Å². The molecule has 0 radical (unpaired) electrons.